The maximum Gasteiger partial charge on any atom is 0.279 e. The lowest BCUT2D eigenvalue weighted by molar-refractivity contribution is -0.124. The molecule has 3 amide bonds. The van der Waals surface area contributed by atoms with Crippen LogP contribution in [0, 0.1) is 0 Å². The van der Waals surface area contributed by atoms with Crippen molar-refractivity contribution in [3.63, 3.8) is 0 Å². The van der Waals surface area contributed by atoms with E-state index >= 15 is 0 Å². The SMILES string of the molecule is O=C(NNC(=O)c1cc2c(s1)CCCCCC2)c1cccc(NC(=O)C2CCCO2)c1. The lowest BCUT2D eigenvalue weighted by atomic mass is 10.00. The molecule has 2 aromatic rings. The Morgan fingerprint density at radius 2 is 1.74 bits per heavy atom. The zero-order chi connectivity index (χ0) is 21.6. The van der Waals surface area contributed by atoms with E-state index in [4.69, 9.17) is 4.74 Å². The van der Waals surface area contributed by atoms with Crippen LogP contribution in [0.1, 0.15) is 69.0 Å². The number of hydrogen-bond acceptors (Lipinski definition) is 5. The summed E-state index contributed by atoms with van der Waals surface area (Å²) in [7, 11) is 0. The number of carbonyl (C=O) groups excluding carboxylic acids is 3. The highest BCUT2D eigenvalue weighted by Gasteiger charge is 2.23. The first-order chi connectivity index (χ1) is 15.1. The van der Waals surface area contributed by atoms with Gasteiger partial charge in [-0.3, -0.25) is 25.2 Å². The number of thiophene rings is 1. The first kappa shape index (κ1) is 21.5. The minimum absolute atomic E-state index is 0.211. The van der Waals surface area contributed by atoms with Crippen molar-refractivity contribution in [2.24, 2.45) is 0 Å². The van der Waals surface area contributed by atoms with Crippen molar-refractivity contribution in [2.75, 3.05) is 11.9 Å². The fourth-order valence-corrected chi connectivity index (χ4v) is 5.10. The fourth-order valence-electron chi connectivity index (χ4n) is 3.95. The van der Waals surface area contributed by atoms with Gasteiger partial charge in [0.05, 0.1) is 4.88 Å². The van der Waals surface area contributed by atoms with Crippen LogP contribution < -0.4 is 16.2 Å². The number of carbonyl (C=O) groups is 3. The van der Waals surface area contributed by atoms with E-state index < -0.39 is 12.0 Å². The highest BCUT2D eigenvalue weighted by molar-refractivity contribution is 7.14. The Balaban J connectivity index is 1.33. The first-order valence-electron chi connectivity index (χ1n) is 10.8. The molecule has 0 radical (unpaired) electrons. The Bertz CT molecular complexity index is 940. The smallest absolute Gasteiger partial charge is 0.279 e. The molecule has 0 saturated carbocycles. The number of hydrogen-bond donors (Lipinski definition) is 3. The summed E-state index contributed by atoms with van der Waals surface area (Å²) in [5.41, 5.74) is 7.08. The number of hydrazine groups is 1. The molecule has 1 aliphatic carbocycles. The highest BCUT2D eigenvalue weighted by Crippen LogP contribution is 2.28. The second-order valence-electron chi connectivity index (χ2n) is 7.95. The Labute approximate surface area is 185 Å². The Morgan fingerprint density at radius 1 is 0.935 bits per heavy atom. The van der Waals surface area contributed by atoms with E-state index in [0.717, 1.165) is 32.1 Å². The largest absolute Gasteiger partial charge is 0.368 e. The van der Waals surface area contributed by atoms with E-state index in [2.05, 4.69) is 16.2 Å². The molecule has 7 nitrogen and oxygen atoms in total. The minimum Gasteiger partial charge on any atom is -0.368 e. The molecular formula is C23H27N3O4S. The minimum atomic E-state index is -0.448. The predicted octanol–water partition coefficient (Wildman–Crippen LogP) is 3.60. The fraction of sp³-hybridized carbons (Fsp3) is 0.435. The van der Waals surface area contributed by atoms with Crippen molar-refractivity contribution >= 4 is 34.7 Å². The number of nitrogens with one attached hydrogen (secondary N) is 3. The van der Waals surface area contributed by atoms with E-state index in [0.29, 0.717) is 29.2 Å². The molecular weight excluding hydrogens is 414 g/mol. The average Bonchev–Trinajstić information content (AvgIpc) is 3.42. The maximum atomic E-state index is 12.5. The van der Waals surface area contributed by atoms with Crippen LogP contribution in [0.5, 0.6) is 0 Å². The number of rotatable bonds is 4. The molecule has 1 atom stereocenters. The van der Waals surface area contributed by atoms with Gasteiger partial charge in [0.2, 0.25) is 0 Å². The molecule has 0 bridgehead atoms. The lowest BCUT2D eigenvalue weighted by Crippen LogP contribution is -2.41. The van der Waals surface area contributed by atoms with Gasteiger partial charge in [0.1, 0.15) is 6.10 Å². The summed E-state index contributed by atoms with van der Waals surface area (Å²) in [6.45, 7) is 0.591. The van der Waals surface area contributed by atoms with Crippen molar-refractivity contribution in [3.05, 3.63) is 51.2 Å². The molecule has 2 aliphatic rings. The number of benzene rings is 1. The molecule has 1 fully saturated rings. The lowest BCUT2D eigenvalue weighted by Gasteiger charge is -2.11. The third-order valence-electron chi connectivity index (χ3n) is 5.62. The summed E-state index contributed by atoms with van der Waals surface area (Å²) < 4.78 is 5.38. The van der Waals surface area contributed by atoms with Crippen LogP contribution in [-0.4, -0.2) is 30.4 Å². The van der Waals surface area contributed by atoms with Crippen LogP contribution in [0.4, 0.5) is 5.69 Å². The van der Waals surface area contributed by atoms with Gasteiger partial charge in [0.15, 0.2) is 0 Å². The van der Waals surface area contributed by atoms with Crippen LogP contribution in [0.15, 0.2) is 30.3 Å². The first-order valence-corrected chi connectivity index (χ1v) is 11.7. The van der Waals surface area contributed by atoms with Crippen LogP contribution in [0.25, 0.3) is 0 Å². The van der Waals surface area contributed by atoms with Gasteiger partial charge in [-0.25, -0.2) is 0 Å². The zero-order valence-corrected chi connectivity index (χ0v) is 18.2. The molecule has 1 aromatic carbocycles. The number of ether oxygens (including phenoxy) is 1. The van der Waals surface area contributed by atoms with Gasteiger partial charge < -0.3 is 10.1 Å². The average molecular weight is 442 g/mol. The van der Waals surface area contributed by atoms with Gasteiger partial charge in [-0.05, 0) is 68.4 Å². The van der Waals surface area contributed by atoms with Crippen LogP contribution >= 0.6 is 11.3 Å². The van der Waals surface area contributed by atoms with Crippen LogP contribution in [0.3, 0.4) is 0 Å². The molecule has 1 saturated heterocycles. The summed E-state index contributed by atoms with van der Waals surface area (Å²) in [6, 6.07) is 8.55. The van der Waals surface area contributed by atoms with Gasteiger partial charge in [-0.15, -0.1) is 11.3 Å². The normalized spacial score (nSPS) is 18.4. The summed E-state index contributed by atoms with van der Waals surface area (Å²) in [4.78, 5) is 39.1. The van der Waals surface area contributed by atoms with Crippen LogP contribution in [-0.2, 0) is 22.4 Å². The maximum absolute atomic E-state index is 12.5. The van der Waals surface area contributed by atoms with E-state index in [1.165, 1.54) is 34.6 Å². The van der Waals surface area contributed by atoms with E-state index in [9.17, 15) is 14.4 Å². The van der Waals surface area contributed by atoms with Gasteiger partial charge in [-0.1, -0.05) is 18.9 Å². The molecule has 31 heavy (non-hydrogen) atoms. The van der Waals surface area contributed by atoms with Gasteiger partial charge >= 0.3 is 0 Å². The van der Waals surface area contributed by atoms with Gasteiger partial charge in [-0.2, -0.15) is 0 Å². The molecule has 3 N–H and O–H groups in total. The molecule has 1 unspecified atom stereocenters. The molecule has 1 aliphatic heterocycles. The highest BCUT2D eigenvalue weighted by atomic mass is 32.1. The third kappa shape index (κ3) is 5.51. The van der Waals surface area contributed by atoms with Crippen molar-refractivity contribution in [1.29, 1.82) is 0 Å². The quantitative estimate of drug-likeness (QED) is 0.632. The van der Waals surface area contributed by atoms with Crippen molar-refractivity contribution in [2.45, 2.75) is 57.5 Å². The summed E-state index contributed by atoms with van der Waals surface area (Å²) in [6.07, 6.45) is 7.94. The Morgan fingerprint density at radius 3 is 2.55 bits per heavy atom. The van der Waals surface area contributed by atoms with Crippen molar-refractivity contribution in [3.8, 4) is 0 Å². The monoisotopic (exact) mass is 441 g/mol. The summed E-state index contributed by atoms with van der Waals surface area (Å²) >= 11 is 1.51. The van der Waals surface area contributed by atoms with Crippen molar-refractivity contribution in [1.82, 2.24) is 10.9 Å². The number of anilines is 1. The van der Waals surface area contributed by atoms with E-state index in [1.807, 2.05) is 6.07 Å². The number of amides is 3. The van der Waals surface area contributed by atoms with Crippen LogP contribution in [0.2, 0.25) is 0 Å². The molecule has 8 heteroatoms. The third-order valence-corrected chi connectivity index (χ3v) is 6.86. The molecule has 0 spiro atoms. The second kappa shape index (κ2) is 10.1. The van der Waals surface area contributed by atoms with E-state index in [-0.39, 0.29) is 11.8 Å². The topological polar surface area (TPSA) is 96.5 Å². The molecule has 2 heterocycles. The molecule has 1 aromatic heterocycles. The van der Waals surface area contributed by atoms with Gasteiger partial charge in [0, 0.05) is 22.7 Å². The Hall–Kier alpha value is -2.71. The zero-order valence-electron chi connectivity index (χ0n) is 17.4. The number of fused-ring (bicyclic) bond motifs is 1. The van der Waals surface area contributed by atoms with Gasteiger partial charge in [0.25, 0.3) is 17.7 Å². The predicted molar refractivity (Wildman–Crippen MR) is 119 cm³/mol. The standard InChI is InChI=1S/C23H27N3O4S/c27-21(16-8-5-9-17(13-16)24-22(28)18-10-6-12-30-18)25-26-23(29)20-14-15-7-3-1-2-4-11-19(15)31-20/h5,8-9,13-14,18H,1-4,6-7,10-12H2,(H,24,28)(H,25,27)(H,26,29). The second-order valence-corrected chi connectivity index (χ2v) is 9.09. The molecule has 4 rings (SSSR count). The van der Waals surface area contributed by atoms with Crippen molar-refractivity contribution < 1.29 is 19.1 Å². The molecule has 164 valence electrons. The number of aryl methyl sites for hydroxylation is 2. The van der Waals surface area contributed by atoms with E-state index in [1.54, 1.807) is 24.3 Å². The summed E-state index contributed by atoms with van der Waals surface area (Å²) in [5, 5.41) is 2.78. The summed E-state index contributed by atoms with van der Waals surface area (Å²) in [5.74, 6) is -0.971. The Kier molecular flexibility index (Phi) is 6.99.